The first-order valence-electron chi connectivity index (χ1n) is 12.2. The number of nitrogens with zero attached hydrogens (tertiary/aromatic N) is 1. The van der Waals surface area contributed by atoms with E-state index >= 15 is 0 Å². The molecular weight excluding hydrogens is 412 g/mol. The van der Waals surface area contributed by atoms with Crippen molar-refractivity contribution in [1.82, 2.24) is 10.2 Å². The van der Waals surface area contributed by atoms with E-state index in [4.69, 9.17) is 9.47 Å². The van der Waals surface area contributed by atoms with Gasteiger partial charge in [-0.25, -0.2) is 0 Å². The van der Waals surface area contributed by atoms with Crippen molar-refractivity contribution < 1.29 is 14.3 Å². The highest BCUT2D eigenvalue weighted by molar-refractivity contribution is 5.94. The molecule has 5 heteroatoms. The van der Waals surface area contributed by atoms with E-state index in [0.29, 0.717) is 12.2 Å². The molecule has 0 spiro atoms. The highest BCUT2D eigenvalue weighted by Crippen LogP contribution is 2.27. The van der Waals surface area contributed by atoms with Crippen LogP contribution in [-0.4, -0.2) is 49.8 Å². The highest BCUT2D eigenvalue weighted by atomic mass is 16.5. The third-order valence-corrected chi connectivity index (χ3v) is 6.60. The molecule has 1 saturated heterocycles. The lowest BCUT2D eigenvalue weighted by Crippen LogP contribution is -2.37. The first-order chi connectivity index (χ1) is 15.8. The first kappa shape index (κ1) is 23.8. The van der Waals surface area contributed by atoms with Crippen LogP contribution in [-0.2, 0) is 24.1 Å². The Morgan fingerprint density at radius 3 is 2.58 bits per heavy atom. The molecule has 1 fully saturated rings. The molecule has 1 aliphatic carbocycles. The Morgan fingerprint density at radius 1 is 1.12 bits per heavy atom. The van der Waals surface area contributed by atoms with Crippen LogP contribution in [0.3, 0.4) is 0 Å². The number of ether oxygens (including phenoxy) is 2. The van der Waals surface area contributed by atoms with Gasteiger partial charge in [-0.05, 0) is 72.1 Å². The molecule has 1 aliphatic heterocycles. The number of fused-ring (bicyclic) bond motifs is 1. The average Bonchev–Trinajstić information content (AvgIpc) is 3.45. The van der Waals surface area contributed by atoms with Crippen LogP contribution in [0.25, 0.3) is 0 Å². The van der Waals surface area contributed by atoms with Crippen LogP contribution in [0.15, 0.2) is 42.5 Å². The molecule has 0 bridgehead atoms. The molecule has 1 amide bonds. The van der Waals surface area contributed by atoms with Crippen molar-refractivity contribution >= 4 is 5.91 Å². The summed E-state index contributed by atoms with van der Waals surface area (Å²) in [5, 5.41) is 3.55. The first-order valence-corrected chi connectivity index (χ1v) is 12.2. The fraction of sp³-hybridized carbons (Fsp3) is 0.536. The molecule has 2 aliphatic rings. The second-order valence-electron chi connectivity index (χ2n) is 10.7. The van der Waals surface area contributed by atoms with E-state index in [0.717, 1.165) is 51.1 Å². The zero-order valence-electron chi connectivity index (χ0n) is 20.5. The predicted molar refractivity (Wildman–Crippen MR) is 132 cm³/mol. The summed E-state index contributed by atoms with van der Waals surface area (Å²) in [5.41, 5.74) is 5.01. The normalized spacial score (nSPS) is 20.0. The fourth-order valence-corrected chi connectivity index (χ4v) is 4.64. The van der Waals surface area contributed by atoms with Gasteiger partial charge in [0.1, 0.15) is 12.4 Å². The Labute approximate surface area is 198 Å². The maximum Gasteiger partial charge on any atom is 0.253 e. The molecule has 5 nitrogen and oxygen atoms in total. The van der Waals surface area contributed by atoms with Crippen molar-refractivity contribution in [2.24, 2.45) is 5.41 Å². The summed E-state index contributed by atoms with van der Waals surface area (Å²) >= 11 is 0. The van der Waals surface area contributed by atoms with E-state index < -0.39 is 0 Å². The molecule has 178 valence electrons. The van der Waals surface area contributed by atoms with Crippen molar-refractivity contribution in [3.63, 3.8) is 0 Å². The van der Waals surface area contributed by atoms with E-state index in [9.17, 15) is 4.79 Å². The molecular formula is C28H38N2O3. The van der Waals surface area contributed by atoms with Gasteiger partial charge >= 0.3 is 0 Å². The van der Waals surface area contributed by atoms with Gasteiger partial charge in [0.15, 0.2) is 0 Å². The minimum Gasteiger partial charge on any atom is -0.491 e. The number of carbonyl (C=O) groups excluding carboxylic acids is 1. The Balaban J connectivity index is 1.30. The van der Waals surface area contributed by atoms with Crippen molar-refractivity contribution in [2.75, 3.05) is 26.8 Å². The molecule has 0 aromatic heterocycles. The van der Waals surface area contributed by atoms with Crippen LogP contribution in [0.1, 0.15) is 60.7 Å². The van der Waals surface area contributed by atoms with Gasteiger partial charge in [-0.2, -0.15) is 0 Å². The lowest BCUT2D eigenvalue weighted by molar-refractivity contribution is 0.0678. The number of rotatable bonds is 8. The van der Waals surface area contributed by atoms with Crippen LogP contribution in [0.4, 0.5) is 0 Å². The maximum atomic E-state index is 13.1. The van der Waals surface area contributed by atoms with Crippen LogP contribution in [0, 0.1) is 5.41 Å². The number of carbonyl (C=O) groups is 1. The smallest absolute Gasteiger partial charge is 0.253 e. The summed E-state index contributed by atoms with van der Waals surface area (Å²) in [6.45, 7) is 9.99. The zero-order chi connectivity index (χ0) is 23.4. The van der Waals surface area contributed by atoms with Gasteiger partial charge < -0.3 is 19.7 Å². The molecule has 1 N–H and O–H groups in total. The summed E-state index contributed by atoms with van der Waals surface area (Å²) < 4.78 is 11.4. The summed E-state index contributed by atoms with van der Waals surface area (Å²) in [5.74, 6) is 0.844. The van der Waals surface area contributed by atoms with Gasteiger partial charge in [-0.15, -0.1) is 0 Å². The number of amides is 1. The van der Waals surface area contributed by atoms with Crippen LogP contribution in [0.2, 0.25) is 0 Å². The summed E-state index contributed by atoms with van der Waals surface area (Å²) in [6, 6.07) is 14.5. The molecule has 4 rings (SSSR count). The Bertz CT molecular complexity index is 943. The van der Waals surface area contributed by atoms with Gasteiger partial charge in [0.2, 0.25) is 0 Å². The number of hydrogen-bond acceptors (Lipinski definition) is 4. The predicted octanol–water partition coefficient (Wildman–Crippen LogP) is 4.62. The van der Waals surface area contributed by atoms with Crippen LogP contribution in [0.5, 0.6) is 5.75 Å². The molecule has 2 atom stereocenters. The Morgan fingerprint density at radius 2 is 1.88 bits per heavy atom. The number of hydrogen-bond donors (Lipinski definition) is 1. The SMILES string of the molecule is CN(C(=O)c1ccc(OC[C@@H]2CCCO2)cc1)[C@@H]1Cc2ccc(CNCC(C)(C)C)cc2C1. The molecule has 0 saturated carbocycles. The number of benzene rings is 2. The van der Waals surface area contributed by atoms with Gasteiger partial charge in [0.25, 0.3) is 5.91 Å². The molecule has 2 aromatic carbocycles. The zero-order valence-corrected chi connectivity index (χ0v) is 20.5. The standard InChI is InChI=1S/C28H38N2O3/c1-28(2,3)19-29-17-20-7-8-22-15-24(16-23(22)14-20)30(4)27(31)21-9-11-25(12-10-21)33-18-26-6-5-13-32-26/h7-12,14,24,26,29H,5-6,13,15-19H2,1-4H3/t24-,26+/m1/s1. The summed E-state index contributed by atoms with van der Waals surface area (Å²) in [7, 11) is 1.92. The largest absolute Gasteiger partial charge is 0.491 e. The second-order valence-corrected chi connectivity index (χ2v) is 10.7. The van der Waals surface area contributed by atoms with Crippen molar-refractivity contribution in [1.29, 1.82) is 0 Å². The number of likely N-dealkylation sites (N-methyl/N-ethyl adjacent to an activating group) is 1. The summed E-state index contributed by atoms with van der Waals surface area (Å²) in [6.07, 6.45) is 4.17. The minimum atomic E-state index is 0.0607. The molecule has 0 unspecified atom stereocenters. The second kappa shape index (κ2) is 10.3. The molecule has 2 aromatic rings. The van der Waals surface area contributed by atoms with Gasteiger partial charge in [-0.1, -0.05) is 39.0 Å². The average molecular weight is 451 g/mol. The van der Waals surface area contributed by atoms with Crippen LogP contribution >= 0.6 is 0 Å². The van der Waals surface area contributed by atoms with Gasteiger partial charge in [0, 0.05) is 38.3 Å². The molecule has 33 heavy (non-hydrogen) atoms. The fourth-order valence-electron chi connectivity index (χ4n) is 4.64. The van der Waals surface area contributed by atoms with E-state index in [2.05, 4.69) is 44.3 Å². The third kappa shape index (κ3) is 6.36. The maximum absolute atomic E-state index is 13.1. The minimum absolute atomic E-state index is 0.0607. The quantitative estimate of drug-likeness (QED) is 0.638. The Kier molecular flexibility index (Phi) is 7.40. The lowest BCUT2D eigenvalue weighted by atomic mass is 9.97. The Hall–Kier alpha value is -2.37. The molecule has 1 heterocycles. The van der Waals surface area contributed by atoms with Gasteiger partial charge in [-0.3, -0.25) is 4.79 Å². The van der Waals surface area contributed by atoms with Crippen molar-refractivity contribution in [3.05, 3.63) is 64.7 Å². The van der Waals surface area contributed by atoms with Crippen LogP contribution < -0.4 is 10.1 Å². The third-order valence-electron chi connectivity index (χ3n) is 6.60. The van der Waals surface area contributed by atoms with E-state index in [1.54, 1.807) is 0 Å². The number of nitrogens with one attached hydrogen (secondary N) is 1. The van der Waals surface area contributed by atoms with Gasteiger partial charge in [0.05, 0.1) is 6.10 Å². The monoisotopic (exact) mass is 450 g/mol. The summed E-state index contributed by atoms with van der Waals surface area (Å²) in [4.78, 5) is 15.0. The topological polar surface area (TPSA) is 50.8 Å². The van der Waals surface area contributed by atoms with Crippen molar-refractivity contribution in [2.45, 2.75) is 65.1 Å². The molecule has 0 radical (unpaired) electrons. The van der Waals surface area contributed by atoms with E-state index in [-0.39, 0.29) is 23.5 Å². The van der Waals surface area contributed by atoms with E-state index in [1.165, 1.54) is 16.7 Å². The van der Waals surface area contributed by atoms with E-state index in [1.807, 2.05) is 36.2 Å². The van der Waals surface area contributed by atoms with Crippen molar-refractivity contribution in [3.8, 4) is 5.75 Å². The lowest BCUT2D eigenvalue weighted by Gasteiger charge is -2.24. The highest BCUT2D eigenvalue weighted by Gasteiger charge is 2.28.